The molecule has 1 N–H and O–H groups in total. The van der Waals surface area contributed by atoms with Crippen LogP contribution >= 0.6 is 34.8 Å². The largest absolute Gasteiger partial charge is 0.330 e. The van der Waals surface area contributed by atoms with E-state index in [2.05, 4.69) is 81.5 Å². The van der Waals surface area contributed by atoms with Gasteiger partial charge in [-0.05, 0) is 71.1 Å². The lowest BCUT2D eigenvalue weighted by atomic mass is 10.1. The number of hydrogen-bond acceptors (Lipinski definition) is 1. The quantitative estimate of drug-likeness (QED) is 0.476. The molecule has 2 aromatic carbocycles. The number of aromatic amines is 1. The zero-order valence-electron chi connectivity index (χ0n) is 11.2. The molecule has 20 heavy (non-hydrogen) atoms. The van der Waals surface area contributed by atoms with Gasteiger partial charge in [0, 0.05) is 3.57 Å². The van der Waals surface area contributed by atoms with Crippen LogP contribution in [0.4, 0.5) is 0 Å². The minimum absolute atomic E-state index is 0.755. The molecule has 3 aromatic rings. The Balaban J connectivity index is 2.30. The van der Waals surface area contributed by atoms with Crippen molar-refractivity contribution in [2.45, 2.75) is 19.8 Å². The van der Waals surface area contributed by atoms with Crippen LogP contribution in [-0.4, -0.2) is 9.55 Å². The van der Waals surface area contributed by atoms with Gasteiger partial charge in [0.05, 0.1) is 16.7 Å². The zero-order valence-corrected chi connectivity index (χ0v) is 14.2. The van der Waals surface area contributed by atoms with Gasteiger partial charge in [-0.25, -0.2) is 0 Å². The number of hydrogen-bond donors (Lipinski definition) is 1. The van der Waals surface area contributed by atoms with Crippen molar-refractivity contribution in [3.8, 4) is 5.69 Å². The first-order valence-electron chi connectivity index (χ1n) is 6.69. The van der Waals surface area contributed by atoms with Crippen molar-refractivity contribution in [3.05, 3.63) is 56.4 Å². The number of aryl methyl sites for hydroxylation is 1. The summed E-state index contributed by atoms with van der Waals surface area (Å²) in [7, 11) is 0. The minimum Gasteiger partial charge on any atom is -0.330 e. The summed E-state index contributed by atoms with van der Waals surface area (Å²) >= 11 is 7.85. The van der Waals surface area contributed by atoms with Crippen LogP contribution in [0.3, 0.4) is 0 Å². The average Bonchev–Trinajstić information content (AvgIpc) is 2.75. The Morgan fingerprint density at radius 1 is 1.20 bits per heavy atom. The van der Waals surface area contributed by atoms with Gasteiger partial charge in [0.1, 0.15) is 0 Å². The van der Waals surface area contributed by atoms with E-state index in [0.717, 1.165) is 28.6 Å². The Morgan fingerprint density at radius 3 is 2.80 bits per heavy atom. The number of fused-ring (bicyclic) bond motifs is 1. The smallest absolute Gasteiger partial charge is 0.182 e. The Hall–Kier alpha value is -1.14. The Bertz CT molecular complexity index is 817. The summed E-state index contributed by atoms with van der Waals surface area (Å²) in [5.74, 6) is 0. The molecular weight excluding hydrogens is 379 g/mol. The van der Waals surface area contributed by atoms with Gasteiger partial charge in [-0.1, -0.05) is 31.5 Å². The van der Waals surface area contributed by atoms with E-state index in [4.69, 9.17) is 12.2 Å². The molecule has 0 amide bonds. The number of rotatable bonds is 3. The molecule has 0 saturated heterocycles. The molecule has 0 unspecified atom stereocenters. The van der Waals surface area contributed by atoms with Crippen LogP contribution in [0.2, 0.25) is 0 Å². The predicted octanol–water partition coefficient (Wildman–Crippen LogP) is 5.25. The second-order valence-corrected chi connectivity index (χ2v) is 6.44. The number of nitrogens with zero attached hydrogens (tertiary/aromatic N) is 1. The van der Waals surface area contributed by atoms with E-state index in [1.165, 1.54) is 14.8 Å². The molecule has 3 rings (SSSR count). The first kappa shape index (κ1) is 13.8. The van der Waals surface area contributed by atoms with E-state index in [1.807, 2.05) is 0 Å². The van der Waals surface area contributed by atoms with E-state index >= 15 is 0 Å². The van der Waals surface area contributed by atoms with Crippen LogP contribution < -0.4 is 0 Å². The van der Waals surface area contributed by atoms with Gasteiger partial charge in [0.25, 0.3) is 0 Å². The molecule has 0 aliphatic rings. The van der Waals surface area contributed by atoms with Crippen molar-refractivity contribution >= 4 is 45.8 Å². The third-order valence-electron chi connectivity index (χ3n) is 3.40. The van der Waals surface area contributed by atoms with E-state index < -0.39 is 0 Å². The maximum absolute atomic E-state index is 5.53. The SMILES string of the molecule is CCCc1ccccc1-n1c(=S)[nH]c2cc(I)ccc21. The fourth-order valence-corrected chi connectivity index (χ4v) is 3.33. The lowest BCUT2D eigenvalue weighted by Gasteiger charge is -2.10. The maximum Gasteiger partial charge on any atom is 0.182 e. The summed E-state index contributed by atoms with van der Waals surface area (Å²) in [6.45, 7) is 2.20. The molecule has 0 fully saturated rings. The van der Waals surface area contributed by atoms with Crippen molar-refractivity contribution < 1.29 is 0 Å². The van der Waals surface area contributed by atoms with Crippen molar-refractivity contribution in [2.75, 3.05) is 0 Å². The highest BCUT2D eigenvalue weighted by Gasteiger charge is 2.09. The van der Waals surface area contributed by atoms with E-state index in [9.17, 15) is 0 Å². The molecule has 0 spiro atoms. The number of halogens is 1. The van der Waals surface area contributed by atoms with Gasteiger partial charge in [-0.2, -0.15) is 0 Å². The number of benzene rings is 2. The third kappa shape index (κ3) is 2.42. The van der Waals surface area contributed by atoms with E-state index in [0.29, 0.717) is 0 Å². The molecule has 2 nitrogen and oxygen atoms in total. The van der Waals surface area contributed by atoms with Crippen LogP contribution in [0.5, 0.6) is 0 Å². The molecule has 0 atom stereocenters. The van der Waals surface area contributed by atoms with Gasteiger partial charge in [-0.3, -0.25) is 4.57 Å². The Kier molecular flexibility index (Phi) is 3.94. The monoisotopic (exact) mass is 394 g/mol. The molecule has 0 aliphatic carbocycles. The van der Waals surface area contributed by atoms with Gasteiger partial charge in [0.2, 0.25) is 0 Å². The van der Waals surface area contributed by atoms with Gasteiger partial charge < -0.3 is 4.98 Å². The number of para-hydroxylation sites is 1. The normalized spacial score (nSPS) is 11.1. The van der Waals surface area contributed by atoms with Crippen molar-refractivity contribution in [2.24, 2.45) is 0 Å². The second-order valence-electron chi connectivity index (χ2n) is 4.81. The standard InChI is InChI=1S/C16H15IN2S/c1-2-5-11-6-3-4-7-14(11)19-15-9-8-12(17)10-13(15)18-16(19)20/h3-4,6-10H,2,5H2,1H3,(H,18,20). The van der Waals surface area contributed by atoms with Gasteiger partial charge in [0.15, 0.2) is 4.77 Å². The first-order chi connectivity index (χ1) is 9.70. The summed E-state index contributed by atoms with van der Waals surface area (Å²) < 4.78 is 4.11. The molecule has 102 valence electrons. The van der Waals surface area contributed by atoms with Crippen LogP contribution in [0, 0.1) is 8.34 Å². The highest BCUT2D eigenvalue weighted by Crippen LogP contribution is 2.24. The summed E-state index contributed by atoms with van der Waals surface area (Å²) in [4.78, 5) is 3.31. The predicted molar refractivity (Wildman–Crippen MR) is 95.2 cm³/mol. The zero-order chi connectivity index (χ0) is 14.1. The van der Waals surface area contributed by atoms with Crippen LogP contribution in [0.1, 0.15) is 18.9 Å². The first-order valence-corrected chi connectivity index (χ1v) is 8.18. The number of H-pyrrole nitrogens is 1. The highest BCUT2D eigenvalue weighted by molar-refractivity contribution is 14.1. The molecule has 0 saturated carbocycles. The lowest BCUT2D eigenvalue weighted by Crippen LogP contribution is -1.99. The van der Waals surface area contributed by atoms with Crippen molar-refractivity contribution in [3.63, 3.8) is 0 Å². The molecule has 1 heterocycles. The van der Waals surface area contributed by atoms with Crippen LogP contribution in [0.15, 0.2) is 42.5 Å². The summed E-state index contributed by atoms with van der Waals surface area (Å²) in [6.07, 6.45) is 2.19. The summed E-state index contributed by atoms with van der Waals surface area (Å²) in [6, 6.07) is 14.9. The number of aromatic nitrogens is 2. The maximum atomic E-state index is 5.53. The second kappa shape index (κ2) is 5.69. The fraction of sp³-hybridized carbons (Fsp3) is 0.188. The topological polar surface area (TPSA) is 20.7 Å². The fourth-order valence-electron chi connectivity index (χ4n) is 2.53. The average molecular weight is 394 g/mol. The van der Waals surface area contributed by atoms with Gasteiger partial charge >= 0.3 is 0 Å². The molecule has 0 radical (unpaired) electrons. The molecular formula is C16H15IN2S. The Labute approximate surface area is 137 Å². The van der Waals surface area contributed by atoms with Crippen LogP contribution in [-0.2, 0) is 6.42 Å². The number of nitrogens with one attached hydrogen (secondary N) is 1. The lowest BCUT2D eigenvalue weighted by molar-refractivity contribution is 0.900. The van der Waals surface area contributed by atoms with Crippen molar-refractivity contribution in [1.82, 2.24) is 9.55 Å². The number of imidazole rings is 1. The molecule has 1 aromatic heterocycles. The Morgan fingerprint density at radius 2 is 2.00 bits per heavy atom. The minimum atomic E-state index is 0.755. The third-order valence-corrected chi connectivity index (χ3v) is 4.35. The summed E-state index contributed by atoms with van der Waals surface area (Å²) in [5, 5.41) is 0. The molecule has 4 heteroatoms. The molecule has 0 bridgehead atoms. The highest BCUT2D eigenvalue weighted by atomic mass is 127. The molecule has 0 aliphatic heterocycles. The van der Waals surface area contributed by atoms with Crippen LogP contribution in [0.25, 0.3) is 16.7 Å². The van der Waals surface area contributed by atoms with E-state index in [1.54, 1.807) is 0 Å². The summed E-state index contributed by atoms with van der Waals surface area (Å²) in [5.41, 5.74) is 4.75. The van der Waals surface area contributed by atoms with Crippen molar-refractivity contribution in [1.29, 1.82) is 0 Å². The van der Waals surface area contributed by atoms with E-state index in [-0.39, 0.29) is 0 Å². The van der Waals surface area contributed by atoms with Gasteiger partial charge in [-0.15, -0.1) is 0 Å².